The van der Waals surface area contributed by atoms with Gasteiger partial charge in [0.2, 0.25) is 0 Å². The normalized spacial score (nSPS) is 16.8. The van der Waals surface area contributed by atoms with Gasteiger partial charge in [-0.2, -0.15) is 0 Å². The Kier molecular flexibility index (Phi) is 4.93. The Morgan fingerprint density at radius 3 is 2.62 bits per heavy atom. The molecule has 128 valence electrons. The van der Waals surface area contributed by atoms with Crippen molar-refractivity contribution < 1.29 is 24.8 Å². The number of esters is 1. The first-order valence-electron chi connectivity index (χ1n) is 7.49. The first-order valence-corrected chi connectivity index (χ1v) is 8.37. The molecule has 1 aromatic heterocycles. The van der Waals surface area contributed by atoms with Crippen LogP contribution >= 0.6 is 11.3 Å². The smallest absolute Gasteiger partial charge is 0.315 e. The van der Waals surface area contributed by atoms with Crippen LogP contribution in [0.3, 0.4) is 0 Å². The minimum atomic E-state index is -0.824. The fourth-order valence-corrected chi connectivity index (χ4v) is 3.29. The minimum Gasteiger partial charge on any atom is -0.451 e. The van der Waals surface area contributed by atoms with E-state index in [1.165, 1.54) is 11.3 Å². The van der Waals surface area contributed by atoms with Gasteiger partial charge in [0.1, 0.15) is 0 Å². The molecule has 24 heavy (non-hydrogen) atoms. The van der Waals surface area contributed by atoms with E-state index in [2.05, 4.69) is 9.82 Å². The number of nitrogens with zero attached hydrogens (tertiary/aromatic N) is 2. The highest BCUT2D eigenvalue weighted by atomic mass is 32.1. The van der Waals surface area contributed by atoms with Gasteiger partial charge in [0, 0.05) is 0 Å². The van der Waals surface area contributed by atoms with Gasteiger partial charge < -0.3 is 4.74 Å². The van der Waals surface area contributed by atoms with Crippen molar-refractivity contribution >= 4 is 17.3 Å². The highest BCUT2D eigenvalue weighted by molar-refractivity contribution is 7.09. The Morgan fingerprint density at radius 1 is 1.38 bits per heavy atom. The van der Waals surface area contributed by atoms with Crippen LogP contribution in [0, 0.1) is 12.3 Å². The number of aromatic nitrogens is 1. The van der Waals surface area contributed by atoms with Crippen LogP contribution in [0.2, 0.25) is 0 Å². The molecule has 1 unspecified atom stereocenters. The molecule has 0 spiro atoms. The molecule has 0 saturated heterocycles. The van der Waals surface area contributed by atoms with Crippen LogP contribution in [0.25, 0.3) is 0 Å². The monoisotopic (exact) mass is 350 g/mol. The van der Waals surface area contributed by atoms with E-state index >= 15 is 0 Å². The number of benzene rings is 1. The van der Waals surface area contributed by atoms with Gasteiger partial charge in [-0.15, -0.1) is 11.3 Å². The van der Waals surface area contributed by atoms with Gasteiger partial charge in [-0.05, 0) is 25.3 Å². The summed E-state index contributed by atoms with van der Waals surface area (Å²) in [6.45, 7) is 1.74. The second kappa shape index (κ2) is 6.96. The summed E-state index contributed by atoms with van der Waals surface area (Å²) in [6.07, 6.45) is 0.633. The molecule has 0 radical (unpaired) electrons. The third-order valence-corrected chi connectivity index (χ3v) is 5.07. The second-order valence-electron chi connectivity index (χ2n) is 5.80. The van der Waals surface area contributed by atoms with E-state index < -0.39 is 17.5 Å². The number of hydrogen-bond acceptors (Lipinski definition) is 8. The fourth-order valence-electron chi connectivity index (χ4n) is 2.43. The molecule has 1 aromatic carbocycles. The van der Waals surface area contributed by atoms with Crippen molar-refractivity contribution in [3.63, 3.8) is 0 Å². The highest BCUT2D eigenvalue weighted by Gasteiger charge is 2.53. The zero-order valence-corrected chi connectivity index (χ0v) is 13.9. The topological polar surface area (TPSA) is 92.1 Å². The van der Waals surface area contributed by atoms with Crippen LogP contribution in [0.1, 0.15) is 35.1 Å². The maximum Gasteiger partial charge on any atom is 0.315 e. The molecule has 1 fully saturated rings. The molecular formula is C16H18N2O5S. The van der Waals surface area contributed by atoms with Gasteiger partial charge in [-0.3, -0.25) is 15.2 Å². The van der Waals surface area contributed by atoms with Crippen molar-refractivity contribution in [3.05, 3.63) is 52.0 Å². The third-order valence-electron chi connectivity index (χ3n) is 4.09. The van der Waals surface area contributed by atoms with Crippen LogP contribution in [-0.2, 0) is 14.4 Å². The standard InChI is InChI=1S/C16H18N2O5S/c1-11-14(24-10-17-11)13(12-5-3-2-4-6-12)23-15(19)16(7-8-16)9-22-18(20)21/h2-6,10,13,20-21H,7-9H2,1H3. The molecule has 1 aliphatic rings. The zero-order valence-electron chi connectivity index (χ0n) is 13.1. The number of rotatable bonds is 7. The predicted molar refractivity (Wildman–Crippen MR) is 84.3 cm³/mol. The summed E-state index contributed by atoms with van der Waals surface area (Å²) in [6, 6.07) is 9.47. The largest absolute Gasteiger partial charge is 0.451 e. The lowest BCUT2D eigenvalue weighted by atomic mass is 10.1. The van der Waals surface area contributed by atoms with Gasteiger partial charge >= 0.3 is 5.97 Å². The molecule has 8 heteroatoms. The van der Waals surface area contributed by atoms with Crippen LogP contribution < -0.4 is 0 Å². The lowest BCUT2D eigenvalue weighted by Crippen LogP contribution is -2.29. The van der Waals surface area contributed by atoms with Crippen molar-refractivity contribution in [2.45, 2.75) is 25.9 Å². The summed E-state index contributed by atoms with van der Waals surface area (Å²) in [5.41, 5.74) is 2.58. The van der Waals surface area contributed by atoms with E-state index in [0.717, 1.165) is 16.1 Å². The number of carbonyl (C=O) groups excluding carboxylic acids is 1. The average Bonchev–Trinajstić information content (AvgIpc) is 3.27. The van der Waals surface area contributed by atoms with Crippen molar-refractivity contribution in [1.29, 1.82) is 0 Å². The van der Waals surface area contributed by atoms with Crippen molar-refractivity contribution in [2.24, 2.45) is 5.41 Å². The highest BCUT2D eigenvalue weighted by Crippen LogP contribution is 2.48. The molecular weight excluding hydrogens is 332 g/mol. The summed E-state index contributed by atoms with van der Waals surface area (Å²) in [7, 11) is 0. The maximum absolute atomic E-state index is 12.6. The summed E-state index contributed by atoms with van der Waals surface area (Å²) >= 11 is 1.44. The average molecular weight is 350 g/mol. The van der Waals surface area contributed by atoms with E-state index in [9.17, 15) is 4.79 Å². The molecule has 0 amide bonds. The first-order chi connectivity index (χ1) is 11.5. The minimum absolute atomic E-state index is 0.137. The number of hydrogen-bond donors (Lipinski definition) is 2. The van der Waals surface area contributed by atoms with Gasteiger partial charge in [-0.25, -0.2) is 9.82 Å². The van der Waals surface area contributed by atoms with Gasteiger partial charge in [0.25, 0.3) is 0 Å². The summed E-state index contributed by atoms with van der Waals surface area (Å²) < 4.78 is 5.79. The van der Waals surface area contributed by atoms with Gasteiger partial charge in [0.05, 0.1) is 33.5 Å². The molecule has 0 aliphatic heterocycles. The van der Waals surface area contributed by atoms with Crippen LogP contribution in [0.4, 0.5) is 0 Å². The van der Waals surface area contributed by atoms with Crippen LogP contribution in [0.5, 0.6) is 0 Å². The molecule has 1 atom stereocenters. The zero-order chi connectivity index (χ0) is 17.2. The Bertz CT molecular complexity index is 700. The summed E-state index contributed by atoms with van der Waals surface area (Å²) in [5.74, 6) is -0.411. The molecule has 0 bridgehead atoms. The first kappa shape index (κ1) is 17.0. The second-order valence-corrected chi connectivity index (χ2v) is 6.69. The Morgan fingerprint density at radius 2 is 2.08 bits per heavy atom. The van der Waals surface area contributed by atoms with Crippen LogP contribution in [-0.4, -0.2) is 33.4 Å². The van der Waals surface area contributed by atoms with E-state index in [0.29, 0.717) is 12.8 Å². The summed E-state index contributed by atoms with van der Waals surface area (Å²) in [5, 5.41) is 17.0. The quantitative estimate of drug-likeness (QED) is 0.586. The van der Waals surface area contributed by atoms with Crippen molar-refractivity contribution in [3.8, 4) is 0 Å². The molecule has 7 nitrogen and oxygen atoms in total. The lowest BCUT2D eigenvalue weighted by molar-refractivity contribution is -0.494. The molecule has 2 aromatic rings. The van der Waals surface area contributed by atoms with Crippen LogP contribution in [0.15, 0.2) is 35.8 Å². The summed E-state index contributed by atoms with van der Waals surface area (Å²) in [4.78, 5) is 22.4. The fraction of sp³-hybridized carbons (Fsp3) is 0.375. The number of aryl methyl sites for hydroxylation is 1. The Hall–Kier alpha value is -1.84. The van der Waals surface area contributed by atoms with Crippen molar-refractivity contribution in [2.75, 3.05) is 6.61 Å². The molecule has 1 heterocycles. The lowest BCUT2D eigenvalue weighted by Gasteiger charge is -2.21. The van der Waals surface area contributed by atoms with E-state index in [1.807, 2.05) is 37.3 Å². The SMILES string of the molecule is Cc1ncsc1C(OC(=O)C1(CON(O)O)CC1)c1ccccc1. The Balaban J connectivity index is 1.80. The number of thiazole rings is 1. The molecule has 1 saturated carbocycles. The van der Waals surface area contributed by atoms with E-state index in [1.54, 1.807) is 5.51 Å². The third kappa shape index (κ3) is 3.63. The van der Waals surface area contributed by atoms with E-state index in [-0.39, 0.29) is 12.0 Å². The van der Waals surface area contributed by atoms with Crippen molar-refractivity contribution in [1.82, 2.24) is 10.4 Å². The molecule has 1 aliphatic carbocycles. The predicted octanol–water partition coefficient (Wildman–Crippen LogP) is 2.88. The Labute approximate surface area is 142 Å². The van der Waals surface area contributed by atoms with Gasteiger partial charge in [0.15, 0.2) is 6.10 Å². The molecule has 3 rings (SSSR count). The maximum atomic E-state index is 12.6. The van der Waals surface area contributed by atoms with E-state index in [4.69, 9.17) is 15.2 Å². The van der Waals surface area contributed by atoms with Gasteiger partial charge in [-0.1, -0.05) is 30.3 Å². The number of carbonyl (C=O) groups is 1. The number of ether oxygens (including phenoxy) is 1. The molecule has 2 N–H and O–H groups in total.